The van der Waals surface area contributed by atoms with Crippen molar-refractivity contribution in [1.82, 2.24) is 9.78 Å². The summed E-state index contributed by atoms with van der Waals surface area (Å²) in [5, 5.41) is 16.8. The third-order valence-corrected chi connectivity index (χ3v) is 4.49. The van der Waals surface area contributed by atoms with Gasteiger partial charge in [0.25, 0.3) is 5.91 Å². The number of anilines is 2. The van der Waals surface area contributed by atoms with Crippen LogP contribution < -0.4 is 10.2 Å². The molecule has 0 atom stereocenters. The Hall–Kier alpha value is -2.34. The summed E-state index contributed by atoms with van der Waals surface area (Å²) in [5.41, 5.74) is 2.27. The molecule has 3 rings (SSSR count). The molecule has 25 heavy (non-hydrogen) atoms. The lowest BCUT2D eigenvalue weighted by atomic mass is 10.1. The van der Waals surface area contributed by atoms with E-state index >= 15 is 0 Å². The lowest BCUT2D eigenvalue weighted by molar-refractivity contribution is 0.102. The van der Waals surface area contributed by atoms with Crippen LogP contribution in [0.15, 0.2) is 36.7 Å². The van der Waals surface area contributed by atoms with Crippen LogP contribution in [-0.2, 0) is 5.54 Å². The highest BCUT2D eigenvalue weighted by molar-refractivity contribution is 6.04. The molecule has 1 amide bonds. The lowest BCUT2D eigenvalue weighted by Gasteiger charge is -2.31. The fraction of sp³-hybridized carbons (Fsp3) is 0.474. The predicted octanol–water partition coefficient (Wildman–Crippen LogP) is 2.85. The summed E-state index contributed by atoms with van der Waals surface area (Å²) in [4.78, 5) is 14.6. The van der Waals surface area contributed by atoms with Gasteiger partial charge < -0.3 is 15.3 Å². The maximum Gasteiger partial charge on any atom is 0.258 e. The number of benzene rings is 1. The van der Waals surface area contributed by atoms with Crippen LogP contribution in [-0.4, -0.2) is 40.0 Å². The molecule has 134 valence electrons. The van der Waals surface area contributed by atoms with E-state index in [0.29, 0.717) is 5.56 Å². The number of hydrogen-bond donors (Lipinski definition) is 2. The van der Waals surface area contributed by atoms with Crippen LogP contribution in [0.2, 0.25) is 0 Å². The van der Waals surface area contributed by atoms with Crippen molar-refractivity contribution < 1.29 is 9.90 Å². The zero-order valence-corrected chi connectivity index (χ0v) is 15.1. The van der Waals surface area contributed by atoms with E-state index in [2.05, 4.69) is 15.3 Å². The summed E-state index contributed by atoms with van der Waals surface area (Å²) in [7, 11) is 0. The van der Waals surface area contributed by atoms with Crippen LogP contribution in [0.4, 0.5) is 11.4 Å². The molecule has 0 spiro atoms. The number of hydrogen-bond acceptors (Lipinski definition) is 4. The van der Waals surface area contributed by atoms with E-state index in [-0.39, 0.29) is 17.6 Å². The first-order valence-corrected chi connectivity index (χ1v) is 8.72. The number of carbonyl (C=O) groups is 1. The van der Waals surface area contributed by atoms with Crippen molar-refractivity contribution in [2.75, 3.05) is 23.3 Å². The largest absolute Gasteiger partial charge is 0.393 e. The second-order valence-electron chi connectivity index (χ2n) is 7.56. The summed E-state index contributed by atoms with van der Waals surface area (Å²) < 4.78 is 1.79. The van der Waals surface area contributed by atoms with Gasteiger partial charge in [-0.25, -0.2) is 0 Å². The number of carbonyl (C=O) groups excluding carboxylic acids is 1. The Morgan fingerprint density at radius 1 is 1.20 bits per heavy atom. The van der Waals surface area contributed by atoms with Gasteiger partial charge >= 0.3 is 0 Å². The Labute approximate surface area is 148 Å². The minimum absolute atomic E-state index is 0.151. The van der Waals surface area contributed by atoms with Gasteiger partial charge in [-0.2, -0.15) is 5.10 Å². The molecule has 0 aliphatic carbocycles. The van der Waals surface area contributed by atoms with Gasteiger partial charge in [0.05, 0.1) is 23.4 Å². The monoisotopic (exact) mass is 342 g/mol. The highest BCUT2D eigenvalue weighted by Crippen LogP contribution is 2.22. The zero-order valence-electron chi connectivity index (χ0n) is 15.1. The summed E-state index contributed by atoms with van der Waals surface area (Å²) in [6.45, 7) is 7.84. The Morgan fingerprint density at radius 2 is 1.84 bits per heavy atom. The van der Waals surface area contributed by atoms with Crippen LogP contribution >= 0.6 is 0 Å². The van der Waals surface area contributed by atoms with Gasteiger partial charge in [-0.3, -0.25) is 9.48 Å². The molecule has 0 unspecified atom stereocenters. The van der Waals surface area contributed by atoms with Gasteiger partial charge in [-0.15, -0.1) is 0 Å². The van der Waals surface area contributed by atoms with E-state index in [1.54, 1.807) is 17.1 Å². The highest BCUT2D eigenvalue weighted by Gasteiger charge is 2.18. The minimum Gasteiger partial charge on any atom is -0.393 e. The van der Waals surface area contributed by atoms with Gasteiger partial charge in [-0.05, 0) is 57.9 Å². The van der Waals surface area contributed by atoms with Crippen LogP contribution in [0.5, 0.6) is 0 Å². The molecule has 1 saturated heterocycles. The second kappa shape index (κ2) is 6.88. The van der Waals surface area contributed by atoms with Gasteiger partial charge in [-0.1, -0.05) is 0 Å². The number of piperidine rings is 1. The molecule has 1 fully saturated rings. The molecule has 1 aromatic carbocycles. The zero-order chi connectivity index (χ0) is 18.0. The molecule has 2 N–H and O–H groups in total. The SMILES string of the molecule is CC(C)(C)n1cc(C(=O)Nc2ccc(N3CCC(O)CC3)cc2)cn1. The number of rotatable bonds is 3. The summed E-state index contributed by atoms with van der Waals surface area (Å²) >= 11 is 0. The molecular weight excluding hydrogens is 316 g/mol. The smallest absolute Gasteiger partial charge is 0.258 e. The average Bonchev–Trinajstić information content (AvgIpc) is 3.07. The number of aromatic nitrogens is 2. The van der Waals surface area contributed by atoms with Gasteiger partial charge in [0.15, 0.2) is 0 Å². The van der Waals surface area contributed by atoms with Gasteiger partial charge in [0.2, 0.25) is 0 Å². The number of aliphatic hydroxyl groups is 1. The van der Waals surface area contributed by atoms with Crippen molar-refractivity contribution in [3.63, 3.8) is 0 Å². The summed E-state index contributed by atoms with van der Waals surface area (Å²) in [5.74, 6) is -0.163. The predicted molar refractivity (Wildman–Crippen MR) is 99.1 cm³/mol. The van der Waals surface area contributed by atoms with Crippen molar-refractivity contribution in [1.29, 1.82) is 0 Å². The van der Waals surface area contributed by atoms with E-state index < -0.39 is 0 Å². The number of nitrogens with one attached hydrogen (secondary N) is 1. The first-order chi connectivity index (χ1) is 11.8. The molecule has 6 heteroatoms. The topological polar surface area (TPSA) is 70.4 Å². The van der Waals surface area contributed by atoms with Crippen LogP contribution in [0.25, 0.3) is 0 Å². The maximum absolute atomic E-state index is 12.4. The standard InChI is InChI=1S/C19H26N4O2/c1-19(2,3)23-13-14(12-20-23)18(25)21-15-4-6-16(7-5-15)22-10-8-17(24)9-11-22/h4-7,12-13,17,24H,8-11H2,1-3H3,(H,21,25). The molecule has 1 aromatic heterocycles. The molecule has 0 saturated carbocycles. The van der Waals surface area contributed by atoms with Gasteiger partial charge in [0, 0.05) is 30.7 Å². The summed E-state index contributed by atoms with van der Waals surface area (Å²) in [6.07, 6.45) is 4.78. The fourth-order valence-corrected chi connectivity index (χ4v) is 2.89. The van der Waals surface area contributed by atoms with Crippen molar-refractivity contribution in [3.8, 4) is 0 Å². The molecule has 0 bridgehead atoms. The van der Waals surface area contributed by atoms with Crippen molar-refractivity contribution in [2.45, 2.75) is 45.3 Å². The second-order valence-corrected chi connectivity index (χ2v) is 7.56. The molecule has 0 radical (unpaired) electrons. The Bertz CT molecular complexity index is 723. The Kier molecular flexibility index (Phi) is 4.81. The van der Waals surface area contributed by atoms with E-state index in [1.165, 1.54) is 0 Å². The average molecular weight is 342 g/mol. The fourth-order valence-electron chi connectivity index (χ4n) is 2.89. The minimum atomic E-state index is -0.177. The molecule has 2 heterocycles. The van der Waals surface area contributed by atoms with Crippen LogP contribution in [0, 0.1) is 0 Å². The molecule has 6 nitrogen and oxygen atoms in total. The number of nitrogens with zero attached hydrogens (tertiary/aromatic N) is 3. The molecule has 1 aliphatic rings. The number of aliphatic hydroxyl groups excluding tert-OH is 1. The van der Waals surface area contributed by atoms with Crippen molar-refractivity contribution in [2.24, 2.45) is 0 Å². The first kappa shape index (κ1) is 17.5. The first-order valence-electron chi connectivity index (χ1n) is 8.72. The third-order valence-electron chi connectivity index (χ3n) is 4.49. The lowest BCUT2D eigenvalue weighted by Crippen LogP contribution is -2.35. The Balaban J connectivity index is 1.63. The quantitative estimate of drug-likeness (QED) is 0.900. The van der Waals surface area contributed by atoms with E-state index in [4.69, 9.17) is 0 Å². The molecule has 1 aliphatic heterocycles. The third kappa shape index (κ3) is 4.20. The van der Waals surface area contributed by atoms with Crippen LogP contribution in [0.3, 0.4) is 0 Å². The molecular formula is C19H26N4O2. The Morgan fingerprint density at radius 3 is 2.40 bits per heavy atom. The normalized spacial score (nSPS) is 16.1. The molecule has 2 aromatic rings. The van der Waals surface area contributed by atoms with E-state index in [1.807, 2.05) is 45.0 Å². The van der Waals surface area contributed by atoms with Crippen molar-refractivity contribution in [3.05, 3.63) is 42.2 Å². The number of amides is 1. The van der Waals surface area contributed by atoms with Gasteiger partial charge in [0.1, 0.15) is 0 Å². The maximum atomic E-state index is 12.4. The summed E-state index contributed by atoms with van der Waals surface area (Å²) in [6, 6.07) is 7.83. The van der Waals surface area contributed by atoms with Crippen LogP contribution in [0.1, 0.15) is 44.0 Å². The highest BCUT2D eigenvalue weighted by atomic mass is 16.3. The van der Waals surface area contributed by atoms with Crippen molar-refractivity contribution >= 4 is 17.3 Å². The van der Waals surface area contributed by atoms with E-state index in [0.717, 1.165) is 37.3 Å². The van der Waals surface area contributed by atoms with E-state index in [9.17, 15) is 9.90 Å².